The van der Waals surface area contributed by atoms with Crippen LogP contribution in [-0.2, 0) is 37.3 Å². The summed E-state index contributed by atoms with van der Waals surface area (Å²) in [6.07, 6.45) is 1.92. The standard InChI is InChI=1S/C54H51N4O.Pt/c1-52(2,3)38-27-28-55-50(32-38)58-48-24-16-21-45(54(7,8)9)51(48)44-26-25-43(34-49(44)58)59-42-20-15-19-40(33-42)56-35-57(47-23-14-13-22-46(47)56)41-30-37(36-17-11-10-12-18-36)29-39(31-41)53(4,5)6;/h10-32,35H,1-9H3;/q-3;. The number of hydrogen-bond acceptors (Lipinski definition) is 4. The Labute approximate surface area is 369 Å². The van der Waals surface area contributed by atoms with Crippen molar-refractivity contribution in [3.05, 3.63) is 175 Å². The van der Waals surface area contributed by atoms with Crippen molar-refractivity contribution in [3.63, 3.8) is 0 Å². The molecule has 2 aromatic heterocycles. The Morgan fingerprint density at radius 3 is 1.97 bits per heavy atom. The fourth-order valence-electron chi connectivity index (χ4n) is 8.15. The number of anilines is 4. The van der Waals surface area contributed by atoms with Crippen molar-refractivity contribution in [1.82, 2.24) is 9.55 Å². The minimum absolute atomic E-state index is 0. The van der Waals surface area contributed by atoms with Gasteiger partial charge < -0.3 is 19.1 Å². The summed E-state index contributed by atoms with van der Waals surface area (Å²) >= 11 is 0. The summed E-state index contributed by atoms with van der Waals surface area (Å²) in [5, 5.41) is 2.33. The first-order valence-corrected chi connectivity index (χ1v) is 20.5. The minimum Gasteiger partial charge on any atom is -0.509 e. The van der Waals surface area contributed by atoms with E-state index in [4.69, 9.17) is 9.72 Å². The number of fused-ring (bicyclic) bond motifs is 4. The van der Waals surface area contributed by atoms with E-state index in [-0.39, 0.29) is 37.3 Å². The van der Waals surface area contributed by atoms with Crippen LogP contribution in [-0.4, -0.2) is 9.55 Å². The van der Waals surface area contributed by atoms with Crippen LogP contribution in [0, 0.1) is 18.8 Å². The number of nitrogens with zero attached hydrogens (tertiary/aromatic N) is 4. The van der Waals surface area contributed by atoms with Crippen LogP contribution >= 0.6 is 0 Å². The van der Waals surface area contributed by atoms with Crippen LogP contribution in [0.25, 0.3) is 38.8 Å². The van der Waals surface area contributed by atoms with Gasteiger partial charge in [-0.25, -0.2) is 4.98 Å². The molecule has 6 heteroatoms. The number of pyridine rings is 1. The quantitative estimate of drug-likeness (QED) is 0.156. The molecule has 0 radical (unpaired) electrons. The molecule has 0 bridgehead atoms. The zero-order valence-electron chi connectivity index (χ0n) is 35.9. The summed E-state index contributed by atoms with van der Waals surface area (Å²) in [7, 11) is 0. The number of rotatable bonds is 6. The fraction of sp³-hybridized carbons (Fsp3) is 0.222. The molecule has 0 N–H and O–H groups in total. The van der Waals surface area contributed by atoms with E-state index in [0.717, 1.165) is 45.0 Å². The minimum atomic E-state index is -0.0652. The van der Waals surface area contributed by atoms with Gasteiger partial charge in [0.15, 0.2) is 0 Å². The van der Waals surface area contributed by atoms with E-state index in [0.29, 0.717) is 11.5 Å². The van der Waals surface area contributed by atoms with Gasteiger partial charge in [-0.2, -0.15) is 12.1 Å². The van der Waals surface area contributed by atoms with Crippen LogP contribution in [0.2, 0.25) is 0 Å². The second-order valence-corrected chi connectivity index (χ2v) is 18.8. The molecule has 6 aromatic carbocycles. The van der Waals surface area contributed by atoms with E-state index in [2.05, 4.69) is 211 Å². The second kappa shape index (κ2) is 15.4. The molecule has 0 fully saturated rings. The molecule has 0 aliphatic carbocycles. The molecule has 306 valence electrons. The summed E-state index contributed by atoms with van der Waals surface area (Å²) < 4.78 is 8.91. The molecule has 60 heavy (non-hydrogen) atoms. The first-order valence-electron chi connectivity index (χ1n) is 20.5. The van der Waals surface area contributed by atoms with Crippen molar-refractivity contribution in [2.75, 3.05) is 9.80 Å². The van der Waals surface area contributed by atoms with Crippen LogP contribution in [0.3, 0.4) is 0 Å². The van der Waals surface area contributed by atoms with Gasteiger partial charge in [0.05, 0.1) is 0 Å². The zero-order chi connectivity index (χ0) is 41.3. The topological polar surface area (TPSA) is 33.5 Å². The van der Waals surface area contributed by atoms with Gasteiger partial charge in [-0.1, -0.05) is 128 Å². The van der Waals surface area contributed by atoms with Crippen molar-refractivity contribution in [2.45, 2.75) is 78.6 Å². The van der Waals surface area contributed by atoms with Crippen LogP contribution in [0.5, 0.6) is 11.5 Å². The molecule has 0 amide bonds. The van der Waals surface area contributed by atoms with Gasteiger partial charge in [0, 0.05) is 61.3 Å². The molecule has 0 spiro atoms. The SMILES string of the molecule is CC(C)(C)c1cc(-c2ccccc2)cc(N2[CH-]N(c3[c-]c(Oc4[c-]c5c(cc4)c4c(C(C)(C)C)cccc4n5-c4cc(C(C)(C)C)ccn4)ccc3)c3ccccc32)c1.[Pt]. The third-order valence-corrected chi connectivity index (χ3v) is 11.4. The van der Waals surface area contributed by atoms with Crippen molar-refractivity contribution >= 4 is 44.6 Å². The maximum atomic E-state index is 6.67. The second-order valence-electron chi connectivity index (χ2n) is 18.8. The predicted octanol–water partition coefficient (Wildman–Crippen LogP) is 14.5. The van der Waals surface area contributed by atoms with E-state index in [9.17, 15) is 0 Å². The van der Waals surface area contributed by atoms with E-state index >= 15 is 0 Å². The van der Waals surface area contributed by atoms with E-state index < -0.39 is 0 Å². The Morgan fingerprint density at radius 2 is 1.25 bits per heavy atom. The first-order chi connectivity index (χ1) is 28.1. The number of ether oxygens (including phenoxy) is 1. The molecule has 9 rings (SSSR count). The van der Waals surface area contributed by atoms with E-state index in [1.165, 1.54) is 33.2 Å². The Kier molecular flexibility index (Phi) is 10.6. The average Bonchev–Trinajstić information content (AvgIpc) is 3.76. The third kappa shape index (κ3) is 7.65. The van der Waals surface area contributed by atoms with Crippen molar-refractivity contribution in [2.24, 2.45) is 0 Å². The molecular formula is C54H51N4OPt-3. The molecule has 5 nitrogen and oxygen atoms in total. The first kappa shape index (κ1) is 41.1. The molecule has 0 saturated carbocycles. The van der Waals surface area contributed by atoms with Crippen molar-refractivity contribution in [3.8, 4) is 28.4 Å². The zero-order valence-corrected chi connectivity index (χ0v) is 38.1. The van der Waals surface area contributed by atoms with E-state index in [1.807, 2.05) is 24.4 Å². The predicted molar refractivity (Wildman–Crippen MR) is 246 cm³/mol. The maximum absolute atomic E-state index is 6.67. The summed E-state index contributed by atoms with van der Waals surface area (Å²) in [5.74, 6) is 2.08. The summed E-state index contributed by atoms with van der Waals surface area (Å²) in [5.41, 5.74) is 12.2. The van der Waals surface area contributed by atoms with Gasteiger partial charge in [0.1, 0.15) is 5.82 Å². The maximum Gasteiger partial charge on any atom is 0.135 e. The van der Waals surface area contributed by atoms with Crippen molar-refractivity contribution in [1.29, 1.82) is 0 Å². The molecule has 8 aromatic rings. The Balaban J connectivity index is 0.00000499. The molecule has 3 heterocycles. The summed E-state index contributed by atoms with van der Waals surface area (Å²) in [6, 6.07) is 54.5. The Bertz CT molecular complexity index is 2860. The van der Waals surface area contributed by atoms with Gasteiger partial charge in [-0.05, 0) is 91.9 Å². The summed E-state index contributed by atoms with van der Waals surface area (Å²) in [4.78, 5) is 9.40. The van der Waals surface area contributed by atoms with Gasteiger partial charge in [0.25, 0.3) is 0 Å². The van der Waals surface area contributed by atoms with Crippen LogP contribution in [0.15, 0.2) is 140 Å². The van der Waals surface area contributed by atoms with Gasteiger partial charge in [-0.15, -0.1) is 48.1 Å². The fourth-order valence-corrected chi connectivity index (χ4v) is 8.15. The molecular weight excluding hydrogens is 916 g/mol. The number of benzene rings is 6. The average molecular weight is 967 g/mol. The molecule has 0 saturated heterocycles. The van der Waals surface area contributed by atoms with Crippen LogP contribution in [0.1, 0.15) is 79.0 Å². The summed E-state index contributed by atoms with van der Waals surface area (Å²) in [6.45, 7) is 22.5. The van der Waals surface area contributed by atoms with Crippen molar-refractivity contribution < 1.29 is 25.8 Å². The van der Waals surface area contributed by atoms with Crippen LogP contribution < -0.4 is 14.5 Å². The van der Waals surface area contributed by atoms with Gasteiger partial charge in [-0.3, -0.25) is 0 Å². The number of aromatic nitrogens is 2. The normalized spacial score (nSPS) is 13.2. The van der Waals surface area contributed by atoms with Gasteiger partial charge >= 0.3 is 0 Å². The Hall–Kier alpha value is -5.64. The largest absolute Gasteiger partial charge is 0.509 e. The Morgan fingerprint density at radius 1 is 0.567 bits per heavy atom. The number of hydrogen-bond donors (Lipinski definition) is 0. The van der Waals surface area contributed by atoms with Crippen LogP contribution in [0.4, 0.5) is 22.7 Å². The monoisotopic (exact) mass is 966 g/mol. The molecule has 0 unspecified atom stereocenters. The third-order valence-electron chi connectivity index (χ3n) is 11.4. The molecule has 1 aliphatic heterocycles. The molecule has 0 atom stereocenters. The van der Waals surface area contributed by atoms with E-state index in [1.54, 1.807) is 0 Å². The smallest absolute Gasteiger partial charge is 0.135 e. The molecule has 1 aliphatic rings. The number of para-hydroxylation sites is 2. The van der Waals surface area contributed by atoms with Gasteiger partial charge in [0.2, 0.25) is 0 Å².